The number of carbonyl (C=O) groups excluding carboxylic acids is 1. The molecule has 1 rings (SSSR count). The molecule has 1 amide bonds. The van der Waals surface area contributed by atoms with E-state index >= 15 is 0 Å². The van der Waals surface area contributed by atoms with Gasteiger partial charge < -0.3 is 10.6 Å². The van der Waals surface area contributed by atoms with E-state index in [4.69, 9.17) is 0 Å². The fraction of sp³-hybridized carbons (Fsp3) is 0.462. The van der Waals surface area contributed by atoms with Gasteiger partial charge in [0.05, 0.1) is 6.54 Å². The molecule has 1 aromatic rings. The van der Waals surface area contributed by atoms with Crippen LogP contribution in [0.25, 0.3) is 0 Å². The summed E-state index contributed by atoms with van der Waals surface area (Å²) in [6.45, 7) is 7.69. The van der Waals surface area contributed by atoms with E-state index < -0.39 is 0 Å². The SMILES string of the molecule is Cc1cc(F)cc(NCC(=O)NC(C)(C)C)c1. The first-order valence-electron chi connectivity index (χ1n) is 5.58. The second-order valence-electron chi connectivity index (χ2n) is 5.17. The molecule has 0 heterocycles. The molecule has 1 aromatic carbocycles. The van der Waals surface area contributed by atoms with Gasteiger partial charge in [0.1, 0.15) is 5.82 Å². The largest absolute Gasteiger partial charge is 0.376 e. The van der Waals surface area contributed by atoms with Gasteiger partial charge in [-0.05, 0) is 51.5 Å². The highest BCUT2D eigenvalue weighted by atomic mass is 19.1. The van der Waals surface area contributed by atoms with Crippen molar-refractivity contribution in [3.05, 3.63) is 29.6 Å². The topological polar surface area (TPSA) is 41.1 Å². The number of rotatable bonds is 3. The summed E-state index contributed by atoms with van der Waals surface area (Å²) in [5, 5.41) is 5.72. The Hall–Kier alpha value is -1.58. The van der Waals surface area contributed by atoms with Crippen LogP contribution in [0.15, 0.2) is 18.2 Å². The molecule has 0 aliphatic rings. The second kappa shape index (κ2) is 5.17. The third kappa shape index (κ3) is 5.33. The van der Waals surface area contributed by atoms with Gasteiger partial charge in [0, 0.05) is 11.2 Å². The Labute approximate surface area is 101 Å². The number of nitrogens with one attached hydrogen (secondary N) is 2. The Morgan fingerprint density at radius 2 is 1.94 bits per heavy atom. The molecule has 0 bridgehead atoms. The van der Waals surface area contributed by atoms with Crippen molar-refractivity contribution in [2.75, 3.05) is 11.9 Å². The molecule has 2 N–H and O–H groups in total. The number of carbonyl (C=O) groups is 1. The number of hydrogen-bond donors (Lipinski definition) is 2. The van der Waals surface area contributed by atoms with Crippen LogP contribution in [-0.4, -0.2) is 18.0 Å². The molecule has 0 saturated heterocycles. The van der Waals surface area contributed by atoms with Gasteiger partial charge in [-0.3, -0.25) is 4.79 Å². The summed E-state index contributed by atoms with van der Waals surface area (Å²) < 4.78 is 13.1. The Kier molecular flexibility index (Phi) is 4.10. The minimum Gasteiger partial charge on any atom is -0.376 e. The molecule has 3 nitrogen and oxygen atoms in total. The van der Waals surface area contributed by atoms with E-state index in [1.54, 1.807) is 6.07 Å². The van der Waals surface area contributed by atoms with E-state index in [0.717, 1.165) is 5.56 Å². The fourth-order valence-corrected chi connectivity index (χ4v) is 1.48. The Morgan fingerprint density at radius 1 is 1.29 bits per heavy atom. The number of hydrogen-bond acceptors (Lipinski definition) is 2. The van der Waals surface area contributed by atoms with Crippen molar-refractivity contribution in [2.45, 2.75) is 33.2 Å². The summed E-state index contributed by atoms with van der Waals surface area (Å²) in [4.78, 5) is 11.5. The van der Waals surface area contributed by atoms with Gasteiger partial charge in [0.25, 0.3) is 0 Å². The molecule has 0 aliphatic carbocycles. The van der Waals surface area contributed by atoms with Crippen molar-refractivity contribution in [2.24, 2.45) is 0 Å². The van der Waals surface area contributed by atoms with Gasteiger partial charge in [-0.2, -0.15) is 0 Å². The molecule has 94 valence electrons. The van der Waals surface area contributed by atoms with Crippen molar-refractivity contribution in [3.63, 3.8) is 0 Å². The molecule has 0 spiro atoms. The third-order valence-corrected chi connectivity index (χ3v) is 2.01. The Balaban J connectivity index is 2.53. The predicted octanol–water partition coefficient (Wildman–Crippen LogP) is 2.46. The van der Waals surface area contributed by atoms with E-state index in [-0.39, 0.29) is 23.8 Å². The highest BCUT2D eigenvalue weighted by molar-refractivity contribution is 5.81. The second-order valence-corrected chi connectivity index (χ2v) is 5.17. The highest BCUT2D eigenvalue weighted by Gasteiger charge is 2.13. The first-order valence-corrected chi connectivity index (χ1v) is 5.58. The van der Waals surface area contributed by atoms with Crippen molar-refractivity contribution in [1.29, 1.82) is 0 Å². The normalized spacial score (nSPS) is 11.1. The molecule has 0 atom stereocenters. The third-order valence-electron chi connectivity index (χ3n) is 2.01. The minimum absolute atomic E-state index is 0.112. The van der Waals surface area contributed by atoms with E-state index in [0.29, 0.717) is 5.69 Å². The van der Waals surface area contributed by atoms with Crippen LogP contribution >= 0.6 is 0 Å². The van der Waals surface area contributed by atoms with Gasteiger partial charge in [-0.25, -0.2) is 4.39 Å². The molecule has 0 fully saturated rings. The Morgan fingerprint density at radius 3 is 2.47 bits per heavy atom. The van der Waals surface area contributed by atoms with Gasteiger partial charge in [-0.15, -0.1) is 0 Å². The van der Waals surface area contributed by atoms with Crippen LogP contribution in [0, 0.1) is 12.7 Å². The Bertz CT molecular complexity index is 390. The van der Waals surface area contributed by atoms with Gasteiger partial charge in [-0.1, -0.05) is 0 Å². The lowest BCUT2D eigenvalue weighted by molar-refractivity contribution is -0.120. The lowest BCUT2D eigenvalue weighted by Crippen LogP contribution is -2.43. The summed E-state index contributed by atoms with van der Waals surface area (Å²) in [5.41, 5.74) is 1.19. The first kappa shape index (κ1) is 13.5. The average Bonchev–Trinajstić information content (AvgIpc) is 2.10. The quantitative estimate of drug-likeness (QED) is 0.849. The predicted molar refractivity (Wildman–Crippen MR) is 67.5 cm³/mol. The van der Waals surface area contributed by atoms with Gasteiger partial charge >= 0.3 is 0 Å². The maximum atomic E-state index is 13.1. The zero-order valence-corrected chi connectivity index (χ0v) is 10.7. The number of aryl methyl sites for hydroxylation is 1. The van der Waals surface area contributed by atoms with Crippen LogP contribution in [0.4, 0.5) is 10.1 Å². The summed E-state index contributed by atoms with van der Waals surface area (Å²) in [7, 11) is 0. The number of benzene rings is 1. The van der Waals surface area contributed by atoms with Crippen molar-refractivity contribution < 1.29 is 9.18 Å². The smallest absolute Gasteiger partial charge is 0.239 e. The van der Waals surface area contributed by atoms with Crippen LogP contribution < -0.4 is 10.6 Å². The number of anilines is 1. The lowest BCUT2D eigenvalue weighted by atomic mass is 10.1. The van der Waals surface area contributed by atoms with Gasteiger partial charge in [0.15, 0.2) is 0 Å². The minimum atomic E-state index is -0.302. The van der Waals surface area contributed by atoms with Crippen molar-refractivity contribution in [1.82, 2.24) is 5.32 Å². The zero-order valence-electron chi connectivity index (χ0n) is 10.7. The van der Waals surface area contributed by atoms with E-state index in [9.17, 15) is 9.18 Å². The summed E-state index contributed by atoms with van der Waals surface area (Å²) in [6.07, 6.45) is 0. The van der Waals surface area contributed by atoms with Crippen LogP contribution in [0.3, 0.4) is 0 Å². The number of amides is 1. The molecule has 0 unspecified atom stereocenters. The highest BCUT2D eigenvalue weighted by Crippen LogP contribution is 2.12. The fourth-order valence-electron chi connectivity index (χ4n) is 1.48. The molecule has 0 aromatic heterocycles. The summed E-state index contributed by atoms with van der Waals surface area (Å²) in [6, 6.07) is 4.62. The van der Waals surface area contributed by atoms with Gasteiger partial charge in [0.2, 0.25) is 5.91 Å². The maximum absolute atomic E-state index is 13.1. The van der Waals surface area contributed by atoms with E-state index in [1.807, 2.05) is 27.7 Å². The molecule has 4 heteroatoms. The average molecular weight is 238 g/mol. The summed E-state index contributed by atoms with van der Waals surface area (Å²) in [5.74, 6) is -0.414. The van der Waals surface area contributed by atoms with E-state index in [2.05, 4.69) is 10.6 Å². The molecule has 0 radical (unpaired) electrons. The maximum Gasteiger partial charge on any atom is 0.239 e. The number of halogens is 1. The molecule has 0 saturated carbocycles. The monoisotopic (exact) mass is 238 g/mol. The van der Waals surface area contributed by atoms with Crippen LogP contribution in [0.2, 0.25) is 0 Å². The first-order chi connectivity index (χ1) is 7.76. The summed E-state index contributed by atoms with van der Waals surface area (Å²) >= 11 is 0. The molecule has 0 aliphatic heterocycles. The van der Waals surface area contributed by atoms with E-state index in [1.165, 1.54) is 12.1 Å². The van der Waals surface area contributed by atoms with Crippen molar-refractivity contribution >= 4 is 11.6 Å². The van der Waals surface area contributed by atoms with Crippen LogP contribution in [0.5, 0.6) is 0 Å². The van der Waals surface area contributed by atoms with Crippen molar-refractivity contribution in [3.8, 4) is 0 Å². The zero-order chi connectivity index (χ0) is 13.1. The lowest BCUT2D eigenvalue weighted by Gasteiger charge is -2.20. The van der Waals surface area contributed by atoms with Crippen LogP contribution in [0.1, 0.15) is 26.3 Å². The molecular weight excluding hydrogens is 219 g/mol. The molecule has 17 heavy (non-hydrogen) atoms. The molecular formula is C13H19FN2O. The standard InChI is InChI=1S/C13H19FN2O/c1-9-5-10(14)7-11(6-9)15-8-12(17)16-13(2,3)4/h5-7,15H,8H2,1-4H3,(H,16,17). The van der Waals surface area contributed by atoms with Crippen LogP contribution in [-0.2, 0) is 4.79 Å².